The number of aliphatic hydroxyl groups excluding tert-OH is 1. The highest BCUT2D eigenvalue weighted by molar-refractivity contribution is 7.09. The van der Waals surface area contributed by atoms with Crippen LogP contribution in [0.3, 0.4) is 0 Å². The van der Waals surface area contributed by atoms with Gasteiger partial charge >= 0.3 is 0 Å². The average Bonchev–Trinajstić information content (AvgIpc) is 2.97. The van der Waals surface area contributed by atoms with E-state index in [-0.39, 0.29) is 12.5 Å². The summed E-state index contributed by atoms with van der Waals surface area (Å²) in [6.07, 6.45) is 2.81. The molecule has 0 aromatic carbocycles. The van der Waals surface area contributed by atoms with Crippen LogP contribution in [-0.4, -0.2) is 28.7 Å². The van der Waals surface area contributed by atoms with Crippen LogP contribution in [0.15, 0.2) is 23.7 Å². The molecule has 0 fully saturated rings. The summed E-state index contributed by atoms with van der Waals surface area (Å²) in [5.74, 6) is 1.05. The summed E-state index contributed by atoms with van der Waals surface area (Å²) in [4.78, 5) is 12.3. The molecule has 0 aliphatic heterocycles. The van der Waals surface area contributed by atoms with Gasteiger partial charge < -0.3 is 10.0 Å². The number of hydrogen-bond donors (Lipinski definition) is 1. The largest absolute Gasteiger partial charge is 0.390 e. The molecule has 2 heterocycles. The summed E-state index contributed by atoms with van der Waals surface area (Å²) in [6, 6.07) is 4.21. The second-order valence-electron chi connectivity index (χ2n) is 5.12. The summed E-state index contributed by atoms with van der Waals surface area (Å²) in [7, 11) is 2.01. The Balaban J connectivity index is 2.10. The number of aliphatic hydroxyl groups is 1. The van der Waals surface area contributed by atoms with Crippen molar-refractivity contribution in [2.45, 2.75) is 32.8 Å². The molecular formula is C15H21N3OS. The van der Waals surface area contributed by atoms with Gasteiger partial charge in [0.05, 0.1) is 24.2 Å². The van der Waals surface area contributed by atoms with Crippen LogP contribution in [0.4, 0.5) is 5.69 Å². The third kappa shape index (κ3) is 3.55. The molecule has 0 unspecified atom stereocenters. The molecule has 0 amide bonds. The lowest BCUT2D eigenvalue weighted by Gasteiger charge is -2.21. The number of nitrogens with zero attached hydrogens (tertiary/aromatic N) is 3. The number of rotatable bonds is 6. The van der Waals surface area contributed by atoms with E-state index >= 15 is 0 Å². The molecule has 2 rings (SSSR count). The molecule has 4 nitrogen and oxygen atoms in total. The van der Waals surface area contributed by atoms with E-state index in [2.05, 4.69) is 46.2 Å². The number of aromatic nitrogens is 2. The van der Waals surface area contributed by atoms with Crippen LogP contribution in [0, 0.1) is 0 Å². The van der Waals surface area contributed by atoms with E-state index in [0.29, 0.717) is 5.69 Å². The maximum absolute atomic E-state index is 9.51. The first-order chi connectivity index (χ1) is 9.61. The second kappa shape index (κ2) is 6.81. The van der Waals surface area contributed by atoms with E-state index in [9.17, 15) is 5.11 Å². The Bertz CT molecular complexity index is 540. The summed E-state index contributed by atoms with van der Waals surface area (Å²) in [6.45, 7) is 4.94. The second-order valence-corrected chi connectivity index (χ2v) is 6.16. The minimum Gasteiger partial charge on any atom is -0.390 e. The van der Waals surface area contributed by atoms with Crippen LogP contribution in [0.1, 0.15) is 36.2 Å². The molecule has 0 spiro atoms. The summed E-state index contributed by atoms with van der Waals surface area (Å²) >= 11 is 1.77. The normalized spacial score (nSPS) is 11.1. The minimum absolute atomic E-state index is 0.0546. The van der Waals surface area contributed by atoms with E-state index in [1.54, 1.807) is 11.3 Å². The van der Waals surface area contributed by atoms with Gasteiger partial charge in [0.2, 0.25) is 0 Å². The van der Waals surface area contributed by atoms with Crippen molar-refractivity contribution in [2.24, 2.45) is 0 Å². The minimum atomic E-state index is -0.0546. The Labute approximate surface area is 124 Å². The van der Waals surface area contributed by atoms with Gasteiger partial charge in [0.15, 0.2) is 0 Å². The standard InChI is InChI=1S/C15H21N3OS/c1-11(2)15-16-9-14(13(10-19)17-15)18(3)7-6-12-5-4-8-20-12/h4-5,8-9,11,19H,6-7,10H2,1-3H3. The predicted molar refractivity (Wildman–Crippen MR) is 83.3 cm³/mol. The molecule has 1 N–H and O–H groups in total. The van der Waals surface area contributed by atoms with Gasteiger partial charge in [0.25, 0.3) is 0 Å². The van der Waals surface area contributed by atoms with Gasteiger partial charge in [-0.1, -0.05) is 19.9 Å². The van der Waals surface area contributed by atoms with E-state index in [1.807, 2.05) is 13.2 Å². The van der Waals surface area contributed by atoms with Gasteiger partial charge in [-0.2, -0.15) is 0 Å². The van der Waals surface area contributed by atoms with Crippen molar-refractivity contribution in [3.8, 4) is 0 Å². The maximum Gasteiger partial charge on any atom is 0.131 e. The van der Waals surface area contributed by atoms with E-state index < -0.39 is 0 Å². The monoisotopic (exact) mass is 291 g/mol. The van der Waals surface area contributed by atoms with Crippen molar-refractivity contribution in [3.05, 3.63) is 40.1 Å². The zero-order valence-electron chi connectivity index (χ0n) is 12.2. The number of thiophene rings is 1. The molecule has 0 aliphatic carbocycles. The number of likely N-dealkylation sites (N-methyl/N-ethyl adjacent to an activating group) is 1. The fraction of sp³-hybridized carbons (Fsp3) is 0.467. The van der Waals surface area contributed by atoms with Gasteiger partial charge in [0.1, 0.15) is 5.82 Å². The summed E-state index contributed by atoms with van der Waals surface area (Å²) in [5, 5.41) is 11.6. The molecule has 5 heteroatoms. The maximum atomic E-state index is 9.51. The Morgan fingerprint density at radius 1 is 1.40 bits per heavy atom. The third-order valence-corrected chi connectivity index (χ3v) is 4.15. The van der Waals surface area contributed by atoms with Gasteiger partial charge in [-0.05, 0) is 17.9 Å². The Morgan fingerprint density at radius 2 is 2.20 bits per heavy atom. The van der Waals surface area contributed by atoms with Crippen LogP contribution < -0.4 is 4.90 Å². The molecule has 0 radical (unpaired) electrons. The molecule has 108 valence electrons. The van der Waals surface area contributed by atoms with Gasteiger partial charge in [-0.3, -0.25) is 0 Å². The summed E-state index contributed by atoms with van der Waals surface area (Å²) in [5.41, 5.74) is 1.62. The molecule has 2 aromatic rings. The predicted octanol–water partition coefficient (Wildman–Crippen LogP) is 2.83. The van der Waals surface area contributed by atoms with Crippen molar-refractivity contribution < 1.29 is 5.11 Å². The quantitative estimate of drug-likeness (QED) is 0.889. The average molecular weight is 291 g/mol. The summed E-state index contributed by atoms with van der Waals surface area (Å²) < 4.78 is 0. The fourth-order valence-electron chi connectivity index (χ4n) is 1.99. The number of anilines is 1. The van der Waals surface area contributed by atoms with Crippen LogP contribution in [0.2, 0.25) is 0 Å². The lowest BCUT2D eigenvalue weighted by molar-refractivity contribution is 0.276. The molecule has 0 saturated carbocycles. The molecule has 2 aromatic heterocycles. The fourth-order valence-corrected chi connectivity index (χ4v) is 2.69. The van der Waals surface area contributed by atoms with Crippen molar-refractivity contribution in [2.75, 3.05) is 18.5 Å². The topological polar surface area (TPSA) is 49.2 Å². The Hall–Kier alpha value is -1.46. The highest BCUT2D eigenvalue weighted by Gasteiger charge is 2.12. The zero-order chi connectivity index (χ0) is 14.5. The SMILES string of the molecule is CC(C)c1ncc(N(C)CCc2cccs2)c(CO)n1. The van der Waals surface area contributed by atoms with Gasteiger partial charge in [-0.25, -0.2) is 9.97 Å². The number of hydrogen-bond acceptors (Lipinski definition) is 5. The smallest absolute Gasteiger partial charge is 0.131 e. The Morgan fingerprint density at radius 3 is 2.80 bits per heavy atom. The molecular weight excluding hydrogens is 270 g/mol. The van der Waals surface area contributed by atoms with Crippen molar-refractivity contribution in [3.63, 3.8) is 0 Å². The first-order valence-electron chi connectivity index (χ1n) is 6.82. The molecule has 0 aliphatic rings. The van der Waals surface area contributed by atoms with Crippen molar-refractivity contribution in [1.29, 1.82) is 0 Å². The van der Waals surface area contributed by atoms with E-state index in [1.165, 1.54) is 4.88 Å². The first-order valence-corrected chi connectivity index (χ1v) is 7.70. The molecule has 0 saturated heterocycles. The lowest BCUT2D eigenvalue weighted by Crippen LogP contribution is -2.22. The van der Waals surface area contributed by atoms with Gasteiger partial charge in [-0.15, -0.1) is 11.3 Å². The van der Waals surface area contributed by atoms with Gasteiger partial charge in [0, 0.05) is 24.4 Å². The van der Waals surface area contributed by atoms with E-state index in [4.69, 9.17) is 0 Å². The van der Waals surface area contributed by atoms with Crippen molar-refractivity contribution >= 4 is 17.0 Å². The highest BCUT2D eigenvalue weighted by Crippen LogP contribution is 2.20. The Kier molecular flexibility index (Phi) is 5.09. The molecule has 20 heavy (non-hydrogen) atoms. The van der Waals surface area contributed by atoms with Crippen LogP contribution in [0.5, 0.6) is 0 Å². The third-order valence-electron chi connectivity index (χ3n) is 3.22. The van der Waals surface area contributed by atoms with Crippen LogP contribution in [0.25, 0.3) is 0 Å². The van der Waals surface area contributed by atoms with Crippen LogP contribution >= 0.6 is 11.3 Å². The first kappa shape index (κ1) is 14.9. The van der Waals surface area contributed by atoms with Crippen LogP contribution in [-0.2, 0) is 13.0 Å². The highest BCUT2D eigenvalue weighted by atomic mass is 32.1. The molecule has 0 atom stereocenters. The zero-order valence-corrected chi connectivity index (χ0v) is 13.0. The van der Waals surface area contributed by atoms with E-state index in [0.717, 1.165) is 24.5 Å². The molecule has 0 bridgehead atoms. The van der Waals surface area contributed by atoms with Crippen molar-refractivity contribution in [1.82, 2.24) is 9.97 Å². The lowest BCUT2D eigenvalue weighted by atomic mass is 10.2.